The number of anilines is 1. The highest BCUT2D eigenvalue weighted by atomic mass is 16.3. The van der Waals surface area contributed by atoms with Crippen molar-refractivity contribution in [1.82, 2.24) is 14.9 Å². The quantitative estimate of drug-likeness (QED) is 0.882. The number of aliphatic hydroxyl groups excluding tert-OH is 1. The van der Waals surface area contributed by atoms with Crippen LogP contribution in [0.3, 0.4) is 0 Å². The van der Waals surface area contributed by atoms with Gasteiger partial charge in [-0.15, -0.1) is 0 Å². The molecule has 1 unspecified atom stereocenters. The highest BCUT2D eigenvalue weighted by Gasteiger charge is 2.29. The predicted octanol–water partition coefficient (Wildman–Crippen LogP) is 1.03. The molecule has 0 amide bonds. The van der Waals surface area contributed by atoms with Crippen molar-refractivity contribution in [2.45, 2.75) is 38.3 Å². The summed E-state index contributed by atoms with van der Waals surface area (Å²) in [6.07, 6.45) is 8.77. The molecule has 0 bridgehead atoms. The highest BCUT2D eigenvalue weighted by molar-refractivity contribution is 5.37. The molecule has 19 heavy (non-hydrogen) atoms. The smallest absolute Gasteiger partial charge is 0.147 e. The maximum absolute atomic E-state index is 8.98. The van der Waals surface area contributed by atoms with Crippen LogP contribution in [0.25, 0.3) is 0 Å². The fraction of sp³-hybridized carbons (Fsp3) is 0.714. The molecule has 0 radical (unpaired) electrons. The molecule has 0 spiro atoms. The molecule has 104 valence electrons. The van der Waals surface area contributed by atoms with Crippen molar-refractivity contribution in [2.24, 2.45) is 0 Å². The maximum Gasteiger partial charge on any atom is 0.147 e. The van der Waals surface area contributed by atoms with Crippen LogP contribution in [0.15, 0.2) is 12.4 Å². The lowest BCUT2D eigenvalue weighted by molar-refractivity contribution is 0.175. The van der Waals surface area contributed by atoms with Crippen molar-refractivity contribution in [3.63, 3.8) is 0 Å². The summed E-state index contributed by atoms with van der Waals surface area (Å²) < 4.78 is 0. The molecule has 1 N–H and O–H groups in total. The third kappa shape index (κ3) is 2.87. The van der Waals surface area contributed by atoms with Gasteiger partial charge in [0.05, 0.1) is 24.7 Å². The molecule has 3 rings (SSSR count). The average molecular weight is 262 g/mol. The van der Waals surface area contributed by atoms with E-state index in [0.29, 0.717) is 11.7 Å². The Morgan fingerprint density at radius 3 is 2.63 bits per heavy atom. The van der Waals surface area contributed by atoms with Crippen molar-refractivity contribution in [3.8, 4) is 0 Å². The van der Waals surface area contributed by atoms with Crippen molar-refractivity contribution in [1.29, 1.82) is 0 Å². The Labute approximate surface area is 114 Å². The Morgan fingerprint density at radius 2 is 1.95 bits per heavy atom. The number of likely N-dealkylation sites (tertiary alicyclic amines) is 1. The van der Waals surface area contributed by atoms with E-state index in [1.54, 1.807) is 12.4 Å². The highest BCUT2D eigenvalue weighted by Crippen LogP contribution is 2.23. The van der Waals surface area contributed by atoms with E-state index >= 15 is 0 Å². The van der Waals surface area contributed by atoms with E-state index < -0.39 is 0 Å². The second-order valence-electron chi connectivity index (χ2n) is 5.51. The maximum atomic E-state index is 8.98. The zero-order chi connectivity index (χ0) is 13.1. The van der Waals surface area contributed by atoms with Crippen LogP contribution >= 0.6 is 0 Å². The first-order valence-electron chi connectivity index (χ1n) is 7.27. The summed E-state index contributed by atoms with van der Waals surface area (Å²) in [6, 6.07) is 0.680. The van der Waals surface area contributed by atoms with E-state index in [1.807, 2.05) is 0 Å². The third-order valence-corrected chi connectivity index (χ3v) is 4.25. The topological polar surface area (TPSA) is 52.5 Å². The lowest BCUT2D eigenvalue weighted by Crippen LogP contribution is -2.40. The number of aliphatic hydroxyl groups is 1. The number of hydrogen-bond acceptors (Lipinski definition) is 5. The minimum absolute atomic E-state index is 0.0380. The lowest BCUT2D eigenvalue weighted by atomic mass is 10.1. The van der Waals surface area contributed by atoms with Crippen LogP contribution in [0.5, 0.6) is 0 Å². The normalized spacial score (nSPS) is 24.9. The summed E-state index contributed by atoms with van der Waals surface area (Å²) in [6.45, 7) is 4.60. The average Bonchev–Trinajstić information content (AvgIpc) is 2.98. The number of aromatic nitrogens is 2. The van der Waals surface area contributed by atoms with E-state index in [4.69, 9.17) is 5.11 Å². The van der Waals surface area contributed by atoms with E-state index in [0.717, 1.165) is 18.9 Å². The van der Waals surface area contributed by atoms with Crippen LogP contribution in [0.1, 0.15) is 31.4 Å². The first kappa shape index (κ1) is 12.8. The van der Waals surface area contributed by atoms with Crippen LogP contribution in [-0.4, -0.2) is 52.2 Å². The molecular weight excluding hydrogens is 240 g/mol. The van der Waals surface area contributed by atoms with Crippen molar-refractivity contribution in [3.05, 3.63) is 18.1 Å². The number of rotatable bonds is 3. The Kier molecular flexibility index (Phi) is 3.94. The van der Waals surface area contributed by atoms with Crippen LogP contribution in [0.2, 0.25) is 0 Å². The van der Waals surface area contributed by atoms with Gasteiger partial charge in [0, 0.05) is 19.1 Å². The van der Waals surface area contributed by atoms with Crippen LogP contribution in [-0.2, 0) is 6.61 Å². The number of hydrogen-bond donors (Lipinski definition) is 1. The van der Waals surface area contributed by atoms with E-state index in [-0.39, 0.29) is 6.61 Å². The molecule has 3 heterocycles. The van der Waals surface area contributed by atoms with Crippen LogP contribution < -0.4 is 4.90 Å². The predicted molar refractivity (Wildman–Crippen MR) is 74.0 cm³/mol. The third-order valence-electron chi connectivity index (χ3n) is 4.25. The van der Waals surface area contributed by atoms with Gasteiger partial charge >= 0.3 is 0 Å². The Bertz CT molecular complexity index is 402. The minimum atomic E-state index is -0.0380. The fourth-order valence-electron chi connectivity index (χ4n) is 3.12. The van der Waals surface area contributed by atoms with Gasteiger partial charge in [0.2, 0.25) is 0 Å². The first-order chi connectivity index (χ1) is 9.36. The number of piperidine rings is 1. The summed E-state index contributed by atoms with van der Waals surface area (Å²) in [5.74, 6) is 0.941. The first-order valence-corrected chi connectivity index (χ1v) is 7.27. The molecule has 2 aliphatic rings. The van der Waals surface area contributed by atoms with Crippen LogP contribution in [0, 0.1) is 0 Å². The van der Waals surface area contributed by atoms with Gasteiger partial charge in [-0.3, -0.25) is 9.88 Å². The van der Waals surface area contributed by atoms with Gasteiger partial charge in [0.15, 0.2) is 0 Å². The summed E-state index contributed by atoms with van der Waals surface area (Å²) in [5.41, 5.74) is 0.635. The Morgan fingerprint density at radius 1 is 1.11 bits per heavy atom. The van der Waals surface area contributed by atoms with Gasteiger partial charge in [0.1, 0.15) is 5.82 Å². The van der Waals surface area contributed by atoms with E-state index in [9.17, 15) is 0 Å². The molecule has 0 saturated carbocycles. The molecule has 2 aliphatic heterocycles. The van der Waals surface area contributed by atoms with Gasteiger partial charge in [-0.25, -0.2) is 4.98 Å². The van der Waals surface area contributed by atoms with Crippen molar-refractivity contribution >= 4 is 5.82 Å². The van der Waals surface area contributed by atoms with E-state index in [2.05, 4.69) is 19.8 Å². The summed E-state index contributed by atoms with van der Waals surface area (Å²) in [7, 11) is 0. The monoisotopic (exact) mass is 262 g/mol. The van der Waals surface area contributed by atoms with Crippen molar-refractivity contribution < 1.29 is 5.11 Å². The summed E-state index contributed by atoms with van der Waals surface area (Å²) in [4.78, 5) is 13.6. The summed E-state index contributed by atoms with van der Waals surface area (Å²) in [5, 5.41) is 8.98. The molecule has 0 aliphatic carbocycles. The zero-order valence-corrected chi connectivity index (χ0v) is 11.3. The minimum Gasteiger partial charge on any atom is -0.390 e. The van der Waals surface area contributed by atoms with Gasteiger partial charge < -0.3 is 10.0 Å². The zero-order valence-electron chi connectivity index (χ0n) is 11.3. The molecule has 5 heteroatoms. The summed E-state index contributed by atoms with van der Waals surface area (Å²) >= 11 is 0. The molecule has 1 aromatic rings. The van der Waals surface area contributed by atoms with Gasteiger partial charge in [0.25, 0.3) is 0 Å². The lowest BCUT2D eigenvalue weighted by Gasteiger charge is -2.32. The standard InChI is InChI=1S/C14H22N4O/c19-11-12-8-16-14(9-15-12)18-7-4-13(10-18)17-5-2-1-3-6-17/h8-9,13,19H,1-7,10-11H2. The Balaban J connectivity index is 1.61. The molecule has 1 atom stereocenters. The van der Waals surface area contributed by atoms with Gasteiger partial charge in [-0.2, -0.15) is 0 Å². The second kappa shape index (κ2) is 5.84. The SMILES string of the molecule is OCc1cnc(N2CCC(N3CCCCC3)C2)cn1. The molecular formula is C14H22N4O. The molecule has 0 aromatic carbocycles. The number of nitrogens with zero attached hydrogens (tertiary/aromatic N) is 4. The Hall–Kier alpha value is -1.20. The van der Waals surface area contributed by atoms with Gasteiger partial charge in [-0.1, -0.05) is 6.42 Å². The molecule has 5 nitrogen and oxygen atoms in total. The fourth-order valence-corrected chi connectivity index (χ4v) is 3.12. The molecule has 2 saturated heterocycles. The second-order valence-corrected chi connectivity index (χ2v) is 5.51. The largest absolute Gasteiger partial charge is 0.390 e. The van der Waals surface area contributed by atoms with Crippen molar-refractivity contribution in [2.75, 3.05) is 31.1 Å². The van der Waals surface area contributed by atoms with E-state index in [1.165, 1.54) is 38.8 Å². The van der Waals surface area contributed by atoms with Gasteiger partial charge in [-0.05, 0) is 32.4 Å². The molecule has 1 aromatic heterocycles. The van der Waals surface area contributed by atoms with Crippen LogP contribution in [0.4, 0.5) is 5.82 Å². The molecule has 2 fully saturated rings.